The largest absolute Gasteiger partial charge is 0.352 e. The third kappa shape index (κ3) is 3.92. The average Bonchev–Trinajstić information content (AvgIpc) is 3.49. The predicted octanol–water partition coefficient (Wildman–Crippen LogP) is 5.22. The van der Waals surface area contributed by atoms with Gasteiger partial charge in [0, 0.05) is 25.0 Å². The molecule has 3 aromatic rings. The number of fused-ring (bicyclic) bond motifs is 2. The number of carbonyl (C=O) groups excluding carboxylic acids is 1. The number of rotatable bonds is 5. The zero-order chi connectivity index (χ0) is 22.4. The number of halogens is 2. The van der Waals surface area contributed by atoms with Crippen LogP contribution in [0.5, 0.6) is 0 Å². The minimum Gasteiger partial charge on any atom is -0.352 e. The molecule has 9 heteroatoms. The van der Waals surface area contributed by atoms with Crippen LogP contribution in [-0.4, -0.2) is 44.4 Å². The van der Waals surface area contributed by atoms with Gasteiger partial charge in [-0.25, -0.2) is 19.3 Å². The molecule has 3 atom stereocenters. The van der Waals surface area contributed by atoms with Gasteiger partial charge >= 0.3 is 0 Å². The highest BCUT2D eigenvalue weighted by Gasteiger charge is 2.48. The lowest BCUT2D eigenvalue weighted by Gasteiger charge is -2.35. The number of likely N-dealkylation sites (tertiary alicyclic amines) is 1. The molecule has 1 aliphatic heterocycles. The van der Waals surface area contributed by atoms with Crippen molar-refractivity contribution in [2.45, 2.75) is 45.2 Å². The molecule has 0 spiro atoms. The van der Waals surface area contributed by atoms with Gasteiger partial charge in [-0.1, -0.05) is 12.1 Å². The van der Waals surface area contributed by atoms with E-state index in [2.05, 4.69) is 36.2 Å². The number of nitrogens with zero attached hydrogens (tertiary/aromatic N) is 4. The van der Waals surface area contributed by atoms with Gasteiger partial charge < -0.3 is 10.2 Å². The molecular weight excluding hydrogens is 493 g/mol. The molecule has 1 aliphatic carbocycles. The first-order valence-electron chi connectivity index (χ1n) is 10.7. The van der Waals surface area contributed by atoms with Gasteiger partial charge in [0.2, 0.25) is 5.95 Å². The summed E-state index contributed by atoms with van der Waals surface area (Å²) in [7, 11) is 0. The average molecular weight is 516 g/mol. The maximum Gasteiger partial charge on any atom is 0.274 e. The second-order valence-corrected chi connectivity index (χ2v) is 10.6. The predicted molar refractivity (Wildman–Crippen MR) is 126 cm³/mol. The highest BCUT2D eigenvalue weighted by molar-refractivity contribution is 9.10. The van der Waals surface area contributed by atoms with Crippen LogP contribution in [0.15, 0.2) is 35.1 Å². The summed E-state index contributed by atoms with van der Waals surface area (Å²) in [6.07, 6.45) is 6.54. The number of nitrogens with one attached hydrogen (secondary N) is 1. The third-order valence-corrected chi connectivity index (χ3v) is 7.86. The van der Waals surface area contributed by atoms with Crippen LogP contribution < -0.4 is 5.32 Å². The second kappa shape index (κ2) is 8.51. The smallest absolute Gasteiger partial charge is 0.274 e. The number of amides is 1. The monoisotopic (exact) mass is 515 g/mol. The van der Waals surface area contributed by atoms with Gasteiger partial charge in [-0.05, 0) is 72.2 Å². The van der Waals surface area contributed by atoms with Crippen molar-refractivity contribution in [1.29, 1.82) is 0 Å². The van der Waals surface area contributed by atoms with Gasteiger partial charge in [0.25, 0.3) is 5.91 Å². The van der Waals surface area contributed by atoms with Crippen molar-refractivity contribution < 1.29 is 9.18 Å². The van der Waals surface area contributed by atoms with Crippen LogP contribution >= 0.6 is 27.3 Å². The molecule has 1 aromatic carbocycles. The van der Waals surface area contributed by atoms with E-state index in [1.54, 1.807) is 25.4 Å². The number of thiazole rings is 1. The SMILES string of the molecule is Cc1nc(C(=O)N2[C@@H]3CC[C@@H](C3)[C@H]2CNc2ncc(Br)cn2)c(-c2ccc(C)c(F)c2)s1. The molecule has 1 saturated carbocycles. The third-order valence-electron chi connectivity index (χ3n) is 6.44. The second-order valence-electron chi connectivity index (χ2n) is 8.49. The summed E-state index contributed by atoms with van der Waals surface area (Å²) in [5.41, 5.74) is 1.71. The summed E-state index contributed by atoms with van der Waals surface area (Å²) in [5.74, 6) is 0.653. The van der Waals surface area contributed by atoms with Gasteiger partial charge in [0.15, 0.2) is 0 Å². The normalized spacial score (nSPS) is 21.9. The zero-order valence-electron chi connectivity index (χ0n) is 17.8. The Morgan fingerprint density at radius 3 is 2.81 bits per heavy atom. The number of piperidine rings is 1. The van der Waals surface area contributed by atoms with E-state index in [-0.39, 0.29) is 23.8 Å². The highest BCUT2D eigenvalue weighted by atomic mass is 79.9. The molecule has 1 N–H and O–H groups in total. The van der Waals surface area contributed by atoms with Crippen LogP contribution in [0.2, 0.25) is 0 Å². The van der Waals surface area contributed by atoms with E-state index in [9.17, 15) is 9.18 Å². The zero-order valence-corrected chi connectivity index (χ0v) is 20.2. The molecule has 32 heavy (non-hydrogen) atoms. The number of hydrogen-bond donors (Lipinski definition) is 1. The van der Waals surface area contributed by atoms with Gasteiger partial charge in [-0.2, -0.15) is 0 Å². The van der Waals surface area contributed by atoms with E-state index in [0.29, 0.717) is 35.2 Å². The van der Waals surface area contributed by atoms with Crippen LogP contribution in [-0.2, 0) is 0 Å². The van der Waals surface area contributed by atoms with Crippen LogP contribution in [0.4, 0.5) is 10.3 Å². The van der Waals surface area contributed by atoms with Crippen molar-refractivity contribution >= 4 is 39.1 Å². The number of anilines is 1. The molecule has 166 valence electrons. The van der Waals surface area contributed by atoms with Crippen molar-refractivity contribution in [2.24, 2.45) is 5.92 Å². The van der Waals surface area contributed by atoms with Gasteiger partial charge in [-0.15, -0.1) is 11.3 Å². The Labute approximate surface area is 198 Å². The lowest BCUT2D eigenvalue weighted by Crippen LogP contribution is -2.48. The van der Waals surface area contributed by atoms with Crippen molar-refractivity contribution in [3.05, 3.63) is 57.1 Å². The molecule has 1 amide bonds. The summed E-state index contributed by atoms with van der Waals surface area (Å²) < 4.78 is 15.1. The van der Waals surface area contributed by atoms with E-state index in [4.69, 9.17) is 0 Å². The minimum absolute atomic E-state index is 0.0538. The maximum absolute atomic E-state index is 14.2. The van der Waals surface area contributed by atoms with Crippen LogP contribution in [0.1, 0.15) is 40.3 Å². The van der Waals surface area contributed by atoms with E-state index in [1.807, 2.05) is 17.9 Å². The van der Waals surface area contributed by atoms with Gasteiger partial charge in [-0.3, -0.25) is 4.79 Å². The van der Waals surface area contributed by atoms with Crippen molar-refractivity contribution in [1.82, 2.24) is 19.9 Å². The summed E-state index contributed by atoms with van der Waals surface area (Å²) in [5, 5.41) is 4.09. The lowest BCUT2D eigenvalue weighted by molar-refractivity contribution is 0.0602. The number of hydrogen-bond acceptors (Lipinski definition) is 6. The molecule has 2 fully saturated rings. The summed E-state index contributed by atoms with van der Waals surface area (Å²) in [6.45, 7) is 4.21. The fourth-order valence-corrected chi connectivity index (χ4v) is 6.01. The van der Waals surface area contributed by atoms with Crippen LogP contribution in [0.3, 0.4) is 0 Å². The Hall–Kier alpha value is -2.39. The Morgan fingerprint density at radius 2 is 2.06 bits per heavy atom. The van der Waals surface area contributed by atoms with E-state index in [0.717, 1.165) is 33.6 Å². The molecule has 5 rings (SSSR count). The summed E-state index contributed by atoms with van der Waals surface area (Å²) >= 11 is 4.78. The van der Waals surface area contributed by atoms with Crippen LogP contribution in [0.25, 0.3) is 10.4 Å². The number of aryl methyl sites for hydroxylation is 2. The fourth-order valence-electron chi connectivity index (χ4n) is 4.90. The molecule has 0 unspecified atom stereocenters. The molecule has 6 nitrogen and oxygen atoms in total. The first-order valence-corrected chi connectivity index (χ1v) is 12.3. The van der Waals surface area contributed by atoms with E-state index >= 15 is 0 Å². The Balaban J connectivity index is 1.42. The minimum atomic E-state index is -0.274. The molecule has 2 bridgehead atoms. The van der Waals surface area contributed by atoms with E-state index in [1.165, 1.54) is 17.4 Å². The molecule has 0 radical (unpaired) electrons. The number of carbonyl (C=O) groups is 1. The first kappa shape index (κ1) is 21.5. The maximum atomic E-state index is 14.2. The highest BCUT2D eigenvalue weighted by Crippen LogP contribution is 2.44. The van der Waals surface area contributed by atoms with Gasteiger partial charge in [0.1, 0.15) is 11.5 Å². The van der Waals surface area contributed by atoms with Crippen molar-refractivity contribution in [3.8, 4) is 10.4 Å². The van der Waals surface area contributed by atoms with Gasteiger partial charge in [0.05, 0.1) is 20.4 Å². The number of aromatic nitrogens is 3. The lowest BCUT2D eigenvalue weighted by atomic mass is 9.98. The van der Waals surface area contributed by atoms with E-state index < -0.39 is 0 Å². The molecule has 2 aromatic heterocycles. The van der Waals surface area contributed by atoms with Crippen molar-refractivity contribution in [2.75, 3.05) is 11.9 Å². The van der Waals surface area contributed by atoms with Crippen molar-refractivity contribution in [3.63, 3.8) is 0 Å². The molecule has 2 aliphatic rings. The topological polar surface area (TPSA) is 71.0 Å². The number of benzene rings is 1. The standard InChI is InChI=1S/C23H23BrFN5OS/c1-12-3-4-15(8-18(12)25)21-20(29-13(2)32-21)22(31)30-17-6-5-14(7-17)19(30)11-28-23-26-9-16(24)10-27-23/h3-4,8-10,14,17,19H,5-7,11H2,1-2H3,(H,26,27,28)/t14-,17+,19+/m0/s1. The fraction of sp³-hybridized carbons (Fsp3) is 0.391. The Bertz CT molecular complexity index is 1170. The molecule has 1 saturated heterocycles. The quantitative estimate of drug-likeness (QED) is 0.504. The Kier molecular flexibility index (Phi) is 5.71. The summed E-state index contributed by atoms with van der Waals surface area (Å²) in [6, 6.07) is 5.38. The first-order chi connectivity index (χ1) is 15.4. The van der Waals surface area contributed by atoms with Crippen LogP contribution in [0, 0.1) is 25.6 Å². The molecule has 3 heterocycles. The molecular formula is C23H23BrFN5OS. The summed E-state index contributed by atoms with van der Waals surface area (Å²) in [4.78, 5) is 29.7. The Morgan fingerprint density at radius 1 is 1.28 bits per heavy atom.